The Morgan fingerprint density at radius 1 is 0.968 bits per heavy atom. The third kappa shape index (κ3) is 5.45. The zero-order chi connectivity index (χ0) is 22.2. The fraction of sp³-hybridized carbons (Fsp3) is 0.304. The average Bonchev–Trinajstić information content (AvgIpc) is 3.49. The van der Waals surface area contributed by atoms with Crippen LogP contribution >= 0.6 is 22.7 Å². The second-order valence-corrected chi connectivity index (χ2v) is 8.72. The van der Waals surface area contributed by atoms with Crippen molar-refractivity contribution in [2.45, 2.75) is 27.2 Å². The summed E-state index contributed by atoms with van der Waals surface area (Å²) < 4.78 is 0. The summed E-state index contributed by atoms with van der Waals surface area (Å²) in [4.78, 5) is 20.5. The first-order valence-corrected chi connectivity index (χ1v) is 12.0. The second-order valence-electron chi connectivity index (χ2n) is 6.99. The van der Waals surface area contributed by atoms with Gasteiger partial charge >= 0.3 is 0 Å². The Morgan fingerprint density at radius 2 is 1.74 bits per heavy atom. The molecule has 0 aliphatic rings. The second kappa shape index (κ2) is 11.0. The van der Waals surface area contributed by atoms with Gasteiger partial charge in [-0.1, -0.05) is 13.0 Å². The van der Waals surface area contributed by atoms with E-state index in [0.29, 0.717) is 0 Å². The molecule has 1 N–H and O–H groups in total. The van der Waals surface area contributed by atoms with E-state index >= 15 is 0 Å². The van der Waals surface area contributed by atoms with E-state index in [1.54, 1.807) is 35.3 Å². The van der Waals surface area contributed by atoms with E-state index in [4.69, 9.17) is 0 Å². The molecule has 0 fully saturated rings. The van der Waals surface area contributed by atoms with Gasteiger partial charge in [0.25, 0.3) is 0 Å². The SMILES string of the molecule is CCNc1ncnc(-c2cccs2)c1C.CCc1c(-c2ccsc2)ncnc1N(C)C. The minimum Gasteiger partial charge on any atom is -0.370 e. The summed E-state index contributed by atoms with van der Waals surface area (Å²) in [6, 6.07) is 6.22. The summed E-state index contributed by atoms with van der Waals surface area (Å²) in [5.41, 5.74) is 5.60. The van der Waals surface area contributed by atoms with Gasteiger partial charge in [-0.25, -0.2) is 19.9 Å². The molecule has 0 bridgehead atoms. The summed E-state index contributed by atoms with van der Waals surface area (Å²) in [5, 5.41) is 9.49. The lowest BCUT2D eigenvalue weighted by Gasteiger charge is -2.17. The molecular weight excluding hydrogens is 424 g/mol. The molecule has 4 aromatic rings. The first kappa shape index (κ1) is 22.8. The third-order valence-electron chi connectivity index (χ3n) is 4.68. The maximum absolute atomic E-state index is 4.40. The fourth-order valence-electron chi connectivity index (χ4n) is 3.22. The van der Waals surface area contributed by atoms with Gasteiger partial charge in [0.1, 0.15) is 24.3 Å². The Labute approximate surface area is 192 Å². The normalized spacial score (nSPS) is 10.4. The number of aromatic nitrogens is 4. The van der Waals surface area contributed by atoms with Gasteiger partial charge in [0.2, 0.25) is 0 Å². The number of nitrogens with one attached hydrogen (secondary N) is 1. The molecule has 0 unspecified atom stereocenters. The highest BCUT2D eigenvalue weighted by molar-refractivity contribution is 7.13. The Hall–Kier alpha value is -2.84. The van der Waals surface area contributed by atoms with E-state index in [-0.39, 0.29) is 0 Å². The number of hydrogen-bond acceptors (Lipinski definition) is 8. The van der Waals surface area contributed by atoms with Gasteiger partial charge in [-0.05, 0) is 43.2 Å². The molecule has 162 valence electrons. The molecule has 4 rings (SSSR count). The Morgan fingerprint density at radius 3 is 2.35 bits per heavy atom. The summed E-state index contributed by atoms with van der Waals surface area (Å²) in [6.07, 6.45) is 4.20. The van der Waals surface area contributed by atoms with E-state index in [1.165, 1.54) is 16.0 Å². The van der Waals surface area contributed by atoms with Crippen molar-refractivity contribution in [2.75, 3.05) is 30.9 Å². The van der Waals surface area contributed by atoms with Gasteiger partial charge in [-0.3, -0.25) is 0 Å². The monoisotopic (exact) mass is 452 g/mol. The summed E-state index contributed by atoms with van der Waals surface area (Å²) >= 11 is 3.39. The van der Waals surface area contributed by atoms with Crippen molar-refractivity contribution in [3.05, 3.63) is 58.1 Å². The van der Waals surface area contributed by atoms with Gasteiger partial charge in [-0.15, -0.1) is 11.3 Å². The van der Waals surface area contributed by atoms with E-state index in [2.05, 4.69) is 67.4 Å². The molecule has 8 heteroatoms. The van der Waals surface area contributed by atoms with E-state index in [0.717, 1.165) is 41.6 Å². The van der Waals surface area contributed by atoms with Gasteiger partial charge in [0.05, 0.1) is 16.3 Å². The smallest absolute Gasteiger partial charge is 0.135 e. The number of nitrogens with zero attached hydrogens (tertiary/aromatic N) is 5. The predicted molar refractivity (Wildman–Crippen MR) is 133 cm³/mol. The van der Waals surface area contributed by atoms with Gasteiger partial charge in [-0.2, -0.15) is 11.3 Å². The van der Waals surface area contributed by atoms with Crippen LogP contribution in [0.15, 0.2) is 47.0 Å². The number of rotatable bonds is 6. The van der Waals surface area contributed by atoms with Crippen LogP contribution in [-0.2, 0) is 6.42 Å². The summed E-state index contributed by atoms with van der Waals surface area (Å²) in [6.45, 7) is 7.13. The highest BCUT2D eigenvalue weighted by atomic mass is 32.1. The minimum atomic E-state index is 0.877. The van der Waals surface area contributed by atoms with Crippen molar-refractivity contribution >= 4 is 34.3 Å². The zero-order valence-corrected chi connectivity index (χ0v) is 20.2. The lowest BCUT2D eigenvalue weighted by atomic mass is 10.1. The highest BCUT2D eigenvalue weighted by Gasteiger charge is 2.13. The van der Waals surface area contributed by atoms with E-state index < -0.39 is 0 Å². The van der Waals surface area contributed by atoms with Crippen LogP contribution in [0.25, 0.3) is 21.8 Å². The molecule has 0 spiro atoms. The van der Waals surface area contributed by atoms with Crippen LogP contribution in [0.4, 0.5) is 11.6 Å². The molecule has 0 saturated heterocycles. The van der Waals surface area contributed by atoms with E-state index in [1.807, 2.05) is 32.0 Å². The molecule has 0 radical (unpaired) electrons. The van der Waals surface area contributed by atoms with Crippen molar-refractivity contribution in [3.8, 4) is 21.8 Å². The van der Waals surface area contributed by atoms with Gasteiger partial charge in [0, 0.05) is 42.7 Å². The molecule has 0 aliphatic carbocycles. The molecule has 4 aromatic heterocycles. The molecule has 0 amide bonds. The molecule has 0 aliphatic heterocycles. The average molecular weight is 453 g/mol. The fourth-order valence-corrected chi connectivity index (χ4v) is 4.64. The Bertz CT molecular complexity index is 1080. The topological polar surface area (TPSA) is 66.8 Å². The van der Waals surface area contributed by atoms with Gasteiger partial charge in [0.15, 0.2) is 0 Å². The third-order valence-corrected chi connectivity index (χ3v) is 6.24. The molecule has 4 heterocycles. The highest BCUT2D eigenvalue weighted by Crippen LogP contribution is 2.29. The number of hydrogen-bond donors (Lipinski definition) is 1. The van der Waals surface area contributed by atoms with Crippen LogP contribution in [0.5, 0.6) is 0 Å². The Kier molecular flexibility index (Phi) is 8.08. The first-order valence-electron chi connectivity index (χ1n) is 10.2. The van der Waals surface area contributed by atoms with Crippen LogP contribution in [-0.4, -0.2) is 40.6 Å². The van der Waals surface area contributed by atoms with Crippen molar-refractivity contribution < 1.29 is 0 Å². The van der Waals surface area contributed by atoms with Crippen molar-refractivity contribution in [2.24, 2.45) is 0 Å². The van der Waals surface area contributed by atoms with Crippen molar-refractivity contribution in [1.82, 2.24) is 19.9 Å². The molecule has 31 heavy (non-hydrogen) atoms. The summed E-state index contributed by atoms with van der Waals surface area (Å²) in [5.74, 6) is 1.94. The largest absolute Gasteiger partial charge is 0.370 e. The molecule has 6 nitrogen and oxygen atoms in total. The number of anilines is 2. The number of thiophene rings is 2. The van der Waals surface area contributed by atoms with Crippen LogP contribution in [0, 0.1) is 6.92 Å². The van der Waals surface area contributed by atoms with Crippen LogP contribution in [0.3, 0.4) is 0 Å². The molecule has 0 saturated carbocycles. The standard InChI is InChI=1S/C12H15N3S.C11H13N3S/c1-4-10-11(9-5-6-16-7-9)13-8-14-12(10)15(2)3;1-3-12-11-8(2)10(13-7-14-11)9-5-4-6-15-9/h5-8H,4H2,1-3H3;4-7H,3H2,1-2H3,(H,12,13,14). The minimum absolute atomic E-state index is 0.877. The predicted octanol–water partition coefficient (Wildman–Crippen LogP) is 5.78. The first-order chi connectivity index (χ1) is 15.1. The lowest BCUT2D eigenvalue weighted by Crippen LogP contribution is -2.14. The molecular formula is C23H28N6S2. The maximum atomic E-state index is 4.40. The Balaban J connectivity index is 0.000000176. The maximum Gasteiger partial charge on any atom is 0.135 e. The quantitative estimate of drug-likeness (QED) is 0.400. The van der Waals surface area contributed by atoms with Crippen molar-refractivity contribution in [1.29, 1.82) is 0 Å². The zero-order valence-electron chi connectivity index (χ0n) is 18.6. The van der Waals surface area contributed by atoms with Crippen LogP contribution in [0.1, 0.15) is 25.0 Å². The molecule has 0 atom stereocenters. The summed E-state index contributed by atoms with van der Waals surface area (Å²) in [7, 11) is 4.03. The molecule has 0 aromatic carbocycles. The lowest BCUT2D eigenvalue weighted by molar-refractivity contribution is 0.979. The van der Waals surface area contributed by atoms with Crippen LogP contribution < -0.4 is 10.2 Å². The van der Waals surface area contributed by atoms with Crippen molar-refractivity contribution in [3.63, 3.8) is 0 Å². The van der Waals surface area contributed by atoms with Crippen LogP contribution in [0.2, 0.25) is 0 Å². The van der Waals surface area contributed by atoms with E-state index in [9.17, 15) is 0 Å². The van der Waals surface area contributed by atoms with Gasteiger partial charge < -0.3 is 10.2 Å².